The van der Waals surface area contributed by atoms with E-state index in [1.165, 1.54) is 11.1 Å². The number of hydrogen-bond donors (Lipinski definition) is 2. The number of fused-ring (bicyclic) bond motifs is 1. The molecule has 0 bridgehead atoms. The van der Waals surface area contributed by atoms with Gasteiger partial charge in [-0.2, -0.15) is 0 Å². The maximum Gasteiger partial charge on any atom is 0.243 e. The first-order valence-corrected chi connectivity index (χ1v) is 13.5. The molecule has 0 spiro atoms. The first-order valence-electron chi connectivity index (χ1n) is 13.5. The number of nitrogens with two attached hydrogens (primary N) is 1. The molecule has 37 heavy (non-hydrogen) atoms. The SMILES string of the molecule is Cc1ccc(CNC(=O)[C@@H](CC(C)C)N2CCC(CCc3ccccc3)N3C[C@H](N)C[C@H]3C2=O)cc1.Cl. The van der Waals surface area contributed by atoms with Crippen LogP contribution in [0.3, 0.4) is 0 Å². The number of benzene rings is 2. The number of aryl methyl sites for hydroxylation is 2. The van der Waals surface area contributed by atoms with Crippen molar-refractivity contribution in [2.45, 2.75) is 83.6 Å². The maximum absolute atomic E-state index is 13.9. The Hall–Kier alpha value is -2.41. The minimum Gasteiger partial charge on any atom is -0.350 e. The molecule has 2 heterocycles. The van der Waals surface area contributed by atoms with Gasteiger partial charge in [0.05, 0.1) is 6.04 Å². The second kappa shape index (κ2) is 13.4. The monoisotopic (exact) mass is 526 g/mol. The van der Waals surface area contributed by atoms with Gasteiger partial charge in [-0.1, -0.05) is 74.0 Å². The summed E-state index contributed by atoms with van der Waals surface area (Å²) >= 11 is 0. The maximum atomic E-state index is 13.9. The number of amides is 2. The van der Waals surface area contributed by atoms with Gasteiger partial charge in [-0.25, -0.2) is 0 Å². The summed E-state index contributed by atoms with van der Waals surface area (Å²) in [6.45, 7) is 8.10. The van der Waals surface area contributed by atoms with Gasteiger partial charge in [-0.3, -0.25) is 14.5 Å². The highest BCUT2D eigenvalue weighted by Crippen LogP contribution is 2.30. The number of nitrogens with zero attached hydrogens (tertiary/aromatic N) is 2. The quantitative estimate of drug-likeness (QED) is 0.516. The fraction of sp³-hybridized carbons (Fsp3) is 0.533. The molecule has 0 aromatic heterocycles. The zero-order chi connectivity index (χ0) is 25.7. The molecule has 2 amide bonds. The first-order chi connectivity index (χ1) is 17.3. The average molecular weight is 527 g/mol. The van der Waals surface area contributed by atoms with Crippen LogP contribution in [0.4, 0.5) is 0 Å². The Morgan fingerprint density at radius 3 is 2.46 bits per heavy atom. The zero-order valence-electron chi connectivity index (χ0n) is 22.4. The van der Waals surface area contributed by atoms with Crippen molar-refractivity contribution in [3.05, 3.63) is 71.3 Å². The molecule has 0 aliphatic carbocycles. The summed E-state index contributed by atoms with van der Waals surface area (Å²) in [7, 11) is 0. The van der Waals surface area contributed by atoms with E-state index in [0.29, 0.717) is 31.8 Å². The molecule has 7 heteroatoms. The van der Waals surface area contributed by atoms with Crippen molar-refractivity contribution in [3.63, 3.8) is 0 Å². The summed E-state index contributed by atoms with van der Waals surface area (Å²) in [5.41, 5.74) is 9.94. The molecule has 6 nitrogen and oxygen atoms in total. The Labute approximate surface area is 228 Å². The molecule has 2 saturated heterocycles. The second-order valence-electron chi connectivity index (χ2n) is 11.1. The predicted molar refractivity (Wildman–Crippen MR) is 151 cm³/mol. The molecular weight excluding hydrogens is 484 g/mol. The van der Waals surface area contributed by atoms with Crippen LogP contribution in [0.15, 0.2) is 54.6 Å². The highest BCUT2D eigenvalue weighted by Gasteiger charge is 2.45. The van der Waals surface area contributed by atoms with Gasteiger partial charge in [-0.15, -0.1) is 12.4 Å². The lowest BCUT2D eigenvalue weighted by atomic mass is 9.99. The van der Waals surface area contributed by atoms with E-state index in [2.05, 4.69) is 67.4 Å². The van der Waals surface area contributed by atoms with Crippen LogP contribution in [0.5, 0.6) is 0 Å². The Balaban J connectivity index is 0.00000380. The average Bonchev–Trinajstić information content (AvgIpc) is 3.21. The number of nitrogens with one attached hydrogen (secondary N) is 1. The number of carbonyl (C=O) groups excluding carboxylic acids is 2. The highest BCUT2D eigenvalue weighted by molar-refractivity contribution is 5.90. The molecule has 2 aromatic rings. The summed E-state index contributed by atoms with van der Waals surface area (Å²) in [6, 6.07) is 18.3. The van der Waals surface area contributed by atoms with E-state index in [4.69, 9.17) is 5.73 Å². The molecule has 2 aromatic carbocycles. The Morgan fingerprint density at radius 2 is 1.78 bits per heavy atom. The summed E-state index contributed by atoms with van der Waals surface area (Å²) in [5, 5.41) is 3.12. The number of rotatable bonds is 9. The Bertz CT molecular complexity index is 1010. The van der Waals surface area contributed by atoms with Gasteiger partial charge in [-0.05, 0) is 56.1 Å². The Morgan fingerprint density at radius 1 is 1.08 bits per heavy atom. The topological polar surface area (TPSA) is 78.7 Å². The number of halogens is 1. The molecule has 2 fully saturated rings. The van der Waals surface area contributed by atoms with Crippen molar-refractivity contribution in [1.29, 1.82) is 0 Å². The lowest BCUT2D eigenvalue weighted by Gasteiger charge is -2.33. The third kappa shape index (κ3) is 7.56. The molecular formula is C30H43ClN4O2. The molecule has 2 aliphatic heterocycles. The van der Waals surface area contributed by atoms with Gasteiger partial charge in [0.25, 0.3) is 0 Å². The van der Waals surface area contributed by atoms with Crippen molar-refractivity contribution in [2.24, 2.45) is 11.7 Å². The lowest BCUT2D eigenvalue weighted by molar-refractivity contribution is -0.143. The highest BCUT2D eigenvalue weighted by atomic mass is 35.5. The molecule has 0 radical (unpaired) electrons. The predicted octanol–water partition coefficient (Wildman–Crippen LogP) is 4.08. The van der Waals surface area contributed by atoms with E-state index in [1.54, 1.807) is 0 Å². The number of hydrogen-bond acceptors (Lipinski definition) is 4. The van der Waals surface area contributed by atoms with E-state index < -0.39 is 6.04 Å². The van der Waals surface area contributed by atoms with Crippen molar-refractivity contribution in [3.8, 4) is 0 Å². The molecule has 3 N–H and O–H groups in total. The fourth-order valence-corrected chi connectivity index (χ4v) is 5.73. The van der Waals surface area contributed by atoms with Gasteiger partial charge in [0.2, 0.25) is 11.8 Å². The van der Waals surface area contributed by atoms with Crippen LogP contribution in [-0.2, 0) is 22.6 Å². The molecule has 0 saturated carbocycles. The second-order valence-corrected chi connectivity index (χ2v) is 11.1. The molecule has 2 aliphatic rings. The van der Waals surface area contributed by atoms with Crippen molar-refractivity contribution >= 4 is 24.2 Å². The van der Waals surface area contributed by atoms with E-state index >= 15 is 0 Å². The van der Waals surface area contributed by atoms with Gasteiger partial charge < -0.3 is 16.0 Å². The van der Waals surface area contributed by atoms with Crippen LogP contribution < -0.4 is 11.1 Å². The van der Waals surface area contributed by atoms with Gasteiger partial charge in [0.15, 0.2) is 0 Å². The minimum absolute atomic E-state index is 0. The van der Waals surface area contributed by atoms with Gasteiger partial charge >= 0.3 is 0 Å². The van der Waals surface area contributed by atoms with Crippen LogP contribution in [0.25, 0.3) is 0 Å². The fourth-order valence-electron chi connectivity index (χ4n) is 5.73. The smallest absolute Gasteiger partial charge is 0.243 e. The summed E-state index contributed by atoms with van der Waals surface area (Å²) < 4.78 is 0. The third-order valence-electron chi connectivity index (χ3n) is 7.68. The number of carbonyl (C=O) groups is 2. The van der Waals surface area contributed by atoms with Crippen LogP contribution in [-0.4, -0.2) is 58.9 Å². The van der Waals surface area contributed by atoms with E-state index in [0.717, 1.165) is 31.4 Å². The third-order valence-corrected chi connectivity index (χ3v) is 7.68. The van der Waals surface area contributed by atoms with Crippen LogP contribution in [0.2, 0.25) is 0 Å². The minimum atomic E-state index is -0.463. The summed E-state index contributed by atoms with van der Waals surface area (Å²) in [6.07, 6.45) is 4.14. The molecule has 1 unspecified atom stereocenters. The van der Waals surface area contributed by atoms with E-state index in [9.17, 15) is 9.59 Å². The van der Waals surface area contributed by atoms with Crippen molar-refractivity contribution < 1.29 is 9.59 Å². The van der Waals surface area contributed by atoms with Gasteiger partial charge in [0.1, 0.15) is 6.04 Å². The lowest BCUT2D eigenvalue weighted by Crippen LogP contribution is -2.53. The Kier molecular flexibility index (Phi) is 10.6. The summed E-state index contributed by atoms with van der Waals surface area (Å²) in [4.78, 5) is 31.6. The van der Waals surface area contributed by atoms with Crippen LogP contribution in [0.1, 0.15) is 56.2 Å². The standard InChI is InChI=1S/C30H42N4O2.ClH/c1-21(2)17-27(29(35)32-19-24-11-9-22(3)10-12-24)33-16-15-26(14-13-23-7-5-4-6-8-23)34-20-25(31)18-28(34)30(33)36;/h4-12,21,25-28H,13-20,31H2,1-3H3,(H,32,35);1H/t25-,26?,27-,28+;/m1./s1. The van der Waals surface area contributed by atoms with E-state index in [1.807, 2.05) is 23.1 Å². The molecule has 202 valence electrons. The van der Waals surface area contributed by atoms with Crippen LogP contribution >= 0.6 is 12.4 Å². The summed E-state index contributed by atoms with van der Waals surface area (Å²) in [5.74, 6) is 0.308. The first kappa shape index (κ1) is 29.2. The van der Waals surface area contributed by atoms with E-state index in [-0.39, 0.29) is 42.3 Å². The normalized spacial score (nSPS) is 22.8. The van der Waals surface area contributed by atoms with Gasteiger partial charge in [0, 0.05) is 31.7 Å². The van der Waals surface area contributed by atoms with Crippen molar-refractivity contribution in [2.75, 3.05) is 13.1 Å². The largest absolute Gasteiger partial charge is 0.350 e. The van der Waals surface area contributed by atoms with Crippen LogP contribution in [0, 0.1) is 12.8 Å². The molecule has 4 rings (SSSR count). The zero-order valence-corrected chi connectivity index (χ0v) is 23.3. The van der Waals surface area contributed by atoms with Crippen molar-refractivity contribution in [1.82, 2.24) is 15.1 Å². The molecule has 4 atom stereocenters.